The molecular formula is C23H41OPSi3. The predicted molar refractivity (Wildman–Crippen MR) is 137 cm³/mol. The molecule has 1 aromatic carbocycles. The van der Waals surface area contributed by atoms with Gasteiger partial charge in [0.25, 0.3) is 0 Å². The molecule has 1 aliphatic heterocycles. The van der Waals surface area contributed by atoms with Gasteiger partial charge < -0.3 is 0 Å². The van der Waals surface area contributed by atoms with Crippen LogP contribution in [-0.2, 0) is 4.79 Å². The van der Waals surface area contributed by atoms with Crippen LogP contribution in [0.2, 0.25) is 39.3 Å². The van der Waals surface area contributed by atoms with Gasteiger partial charge in [-0.1, -0.05) is 111 Å². The second-order valence-electron chi connectivity index (χ2n) is 12.4. The lowest BCUT2D eigenvalue weighted by molar-refractivity contribution is -0.117. The molecule has 0 bridgehead atoms. The minimum absolute atomic E-state index is 0.0492. The summed E-state index contributed by atoms with van der Waals surface area (Å²) in [4.78, 5) is 14.1. The quantitative estimate of drug-likeness (QED) is 0.339. The van der Waals surface area contributed by atoms with Crippen molar-refractivity contribution in [1.82, 2.24) is 0 Å². The highest BCUT2D eigenvalue weighted by Crippen LogP contribution is 2.79. The number of benzene rings is 1. The first-order valence-electron chi connectivity index (χ1n) is 10.5. The molecule has 0 aromatic heterocycles. The van der Waals surface area contributed by atoms with Crippen LogP contribution in [0.3, 0.4) is 0 Å². The molecule has 1 atom stereocenters. The van der Waals surface area contributed by atoms with E-state index in [4.69, 9.17) is 0 Å². The fraction of sp³-hybridized carbons (Fsp3) is 0.609. The van der Waals surface area contributed by atoms with E-state index >= 15 is 0 Å². The summed E-state index contributed by atoms with van der Waals surface area (Å²) in [5.74, 6) is 0. The van der Waals surface area contributed by atoms with Crippen LogP contribution >= 0.6 is 7.47 Å². The first-order valence-corrected chi connectivity index (χ1v) is 23.7. The van der Waals surface area contributed by atoms with Crippen molar-refractivity contribution in [3.05, 3.63) is 41.2 Å². The van der Waals surface area contributed by atoms with Crippen LogP contribution in [0.15, 0.2) is 35.6 Å². The Kier molecular flexibility index (Phi) is 6.12. The van der Waals surface area contributed by atoms with E-state index in [2.05, 4.69) is 111 Å². The first-order chi connectivity index (χ1) is 12.4. The third-order valence-corrected chi connectivity index (χ3v) is 62.9. The first kappa shape index (κ1) is 24.0. The largest absolute Gasteiger partial charge is 0.294 e. The number of carbonyl (C=O) groups excluding carboxylic acids is 1. The molecule has 0 radical (unpaired) electrons. The summed E-state index contributed by atoms with van der Waals surface area (Å²) in [6, 6.07) is 11.1. The summed E-state index contributed by atoms with van der Waals surface area (Å²) in [7, 11) is -3.84. The fourth-order valence-corrected chi connectivity index (χ4v) is 73.9. The number of allylic oxidation sites excluding steroid dienone is 1. The van der Waals surface area contributed by atoms with Crippen molar-refractivity contribution in [2.45, 2.75) is 80.8 Å². The summed E-state index contributed by atoms with van der Waals surface area (Å²) in [5.41, 5.74) is 1.78. The zero-order valence-electron chi connectivity index (χ0n) is 20.2. The van der Waals surface area contributed by atoms with Gasteiger partial charge in [-0.25, -0.2) is 0 Å². The van der Waals surface area contributed by atoms with E-state index < -0.39 is 29.4 Å². The second kappa shape index (κ2) is 7.15. The van der Waals surface area contributed by atoms with Gasteiger partial charge in [0.1, 0.15) is 6.78 Å². The Morgan fingerprint density at radius 2 is 1.25 bits per heavy atom. The van der Waals surface area contributed by atoms with Gasteiger partial charge >= 0.3 is 0 Å². The van der Waals surface area contributed by atoms with Gasteiger partial charge in [0.05, 0.1) is 0 Å². The van der Waals surface area contributed by atoms with Gasteiger partial charge in [0.2, 0.25) is 0 Å². The van der Waals surface area contributed by atoms with Crippen LogP contribution in [0.4, 0.5) is 0 Å². The number of hydrogen-bond donors (Lipinski definition) is 0. The summed E-state index contributed by atoms with van der Waals surface area (Å²) in [6.07, 6.45) is 0. The lowest BCUT2D eigenvalue weighted by Crippen LogP contribution is -2.76. The monoisotopic (exact) mass is 448 g/mol. The summed E-state index contributed by atoms with van der Waals surface area (Å²) in [6.45, 7) is 27.0. The van der Waals surface area contributed by atoms with Gasteiger partial charge in [-0.15, -0.1) is 0 Å². The van der Waals surface area contributed by atoms with Gasteiger partial charge in [0.15, 0.2) is 5.52 Å². The topological polar surface area (TPSA) is 17.1 Å². The Morgan fingerprint density at radius 1 is 0.821 bits per heavy atom. The molecule has 0 aliphatic carbocycles. The normalized spacial score (nSPS) is 20.8. The van der Waals surface area contributed by atoms with Crippen molar-refractivity contribution in [2.75, 3.05) is 0 Å². The second-order valence-corrected chi connectivity index (χ2v) is 45.8. The zero-order valence-corrected chi connectivity index (χ0v) is 24.1. The predicted octanol–water partition coefficient (Wildman–Crippen LogP) is 7.83. The van der Waals surface area contributed by atoms with Crippen LogP contribution in [0.1, 0.15) is 47.1 Å². The molecule has 28 heavy (non-hydrogen) atoms. The maximum atomic E-state index is 14.1. The molecule has 5 heteroatoms. The molecular weight excluding hydrogens is 407 g/mol. The van der Waals surface area contributed by atoms with Crippen molar-refractivity contribution in [2.24, 2.45) is 10.8 Å². The molecule has 1 aliphatic rings. The van der Waals surface area contributed by atoms with E-state index in [-0.39, 0.29) is 10.8 Å². The third kappa shape index (κ3) is 3.64. The smallest absolute Gasteiger partial charge is 0.159 e. The van der Waals surface area contributed by atoms with Crippen LogP contribution in [0, 0.1) is 10.8 Å². The highest BCUT2D eigenvalue weighted by molar-refractivity contribution is 8.31. The summed E-state index contributed by atoms with van der Waals surface area (Å²) < 4.78 is 0. The highest BCUT2D eigenvalue weighted by atomic mass is 31.5. The average molecular weight is 449 g/mol. The van der Waals surface area contributed by atoms with Gasteiger partial charge in [-0.05, 0) is 29.0 Å². The minimum atomic E-state index is -1.92. The summed E-state index contributed by atoms with van der Waals surface area (Å²) in [5, 5.41) is 3.23. The molecule has 1 nitrogen and oxygen atoms in total. The highest BCUT2D eigenvalue weighted by Gasteiger charge is 2.71. The Morgan fingerprint density at radius 3 is 1.57 bits per heavy atom. The molecule has 0 saturated carbocycles. The Balaban J connectivity index is 3.04. The maximum Gasteiger partial charge on any atom is 0.159 e. The van der Waals surface area contributed by atoms with E-state index in [1.807, 2.05) is 0 Å². The Bertz CT molecular complexity index is 770. The lowest BCUT2D eigenvalue weighted by Gasteiger charge is -2.65. The van der Waals surface area contributed by atoms with E-state index in [0.29, 0.717) is 5.52 Å². The van der Waals surface area contributed by atoms with E-state index in [1.54, 1.807) is 5.20 Å². The van der Waals surface area contributed by atoms with Crippen molar-refractivity contribution < 1.29 is 4.79 Å². The number of carbonyl (C=O) groups is 1. The summed E-state index contributed by atoms with van der Waals surface area (Å²) >= 11 is 0. The molecule has 2 rings (SSSR count). The maximum absolute atomic E-state index is 14.1. The minimum Gasteiger partial charge on any atom is -0.294 e. The molecule has 0 spiro atoms. The van der Waals surface area contributed by atoms with Crippen molar-refractivity contribution in [3.63, 3.8) is 0 Å². The van der Waals surface area contributed by atoms with Gasteiger partial charge in [-0.2, -0.15) is 0 Å². The van der Waals surface area contributed by atoms with Gasteiger partial charge in [0, 0.05) is 20.6 Å². The van der Waals surface area contributed by atoms with Crippen LogP contribution < -0.4 is 0 Å². The zero-order chi connectivity index (χ0) is 21.9. The van der Waals surface area contributed by atoms with Crippen LogP contribution in [-0.4, -0.2) is 27.5 Å². The fourth-order valence-electron chi connectivity index (χ4n) is 5.31. The number of rotatable bonds is 4. The molecule has 1 heterocycles. The molecule has 1 aromatic rings. The van der Waals surface area contributed by atoms with Crippen molar-refractivity contribution >= 4 is 40.1 Å². The van der Waals surface area contributed by atoms with E-state index in [9.17, 15) is 4.79 Å². The number of hydrogen-bond acceptors (Lipinski definition) is 1. The Labute approximate surface area is 177 Å². The van der Waals surface area contributed by atoms with Crippen molar-refractivity contribution in [1.29, 1.82) is 0 Å². The Hall–Kier alpha value is -0.289. The molecule has 0 amide bonds. The average Bonchev–Trinajstić information content (AvgIpc) is 2.41. The molecule has 0 saturated heterocycles. The SMILES string of the molecule is CC(C)(C)C(=O)P1C(C(C)(C)C)=C(c2ccccc2)[Si]1([Si](C)(C)C)[Si](C)(C)C. The third-order valence-electron chi connectivity index (χ3n) is 5.95. The standard InChI is InChI=1S/C23H41OPSi3/c1-22(2,3)20-19(18-16-14-13-15-17-18)28(26(7,8)9,27(10,11)12)25(20)21(24)23(4,5)6/h13-17H,1-12H3. The van der Waals surface area contributed by atoms with E-state index in [1.165, 1.54) is 10.9 Å². The van der Waals surface area contributed by atoms with Gasteiger partial charge in [-0.3, -0.25) is 4.79 Å². The lowest BCUT2D eigenvalue weighted by atomic mass is 9.94. The molecule has 156 valence electrons. The molecule has 1 unspecified atom stereocenters. The molecule has 0 fully saturated rings. The van der Waals surface area contributed by atoms with Crippen LogP contribution in [0.25, 0.3) is 5.20 Å². The van der Waals surface area contributed by atoms with E-state index in [0.717, 1.165) is 0 Å². The van der Waals surface area contributed by atoms with Crippen molar-refractivity contribution in [3.8, 4) is 0 Å². The molecule has 0 N–H and O–H groups in total. The van der Waals surface area contributed by atoms with Crippen LogP contribution in [0.5, 0.6) is 0 Å².